The first-order chi connectivity index (χ1) is 8.19. The molecule has 1 fully saturated rings. The van der Waals surface area contributed by atoms with E-state index >= 15 is 0 Å². The van der Waals surface area contributed by atoms with Gasteiger partial charge < -0.3 is 14.4 Å². The maximum atomic E-state index is 14.1. The van der Waals surface area contributed by atoms with Crippen molar-refractivity contribution in [1.82, 2.24) is 0 Å². The second kappa shape index (κ2) is 5.12. The lowest BCUT2D eigenvalue weighted by molar-refractivity contribution is 0.349. The van der Waals surface area contributed by atoms with Gasteiger partial charge in [-0.3, -0.25) is 0 Å². The standard InChI is InChI=1S/C12H15BrFNO2/c1-16-11-8(13)7-9(12(17-2)10(11)14)15-5-3-4-6-15/h7H,3-6H2,1-2H3. The fraction of sp³-hybridized carbons (Fsp3) is 0.500. The van der Waals surface area contributed by atoms with Crippen LogP contribution in [0.15, 0.2) is 10.5 Å². The van der Waals surface area contributed by atoms with Gasteiger partial charge >= 0.3 is 0 Å². The molecule has 0 spiro atoms. The average molecular weight is 304 g/mol. The second-order valence-corrected chi connectivity index (χ2v) is 4.81. The smallest absolute Gasteiger partial charge is 0.210 e. The summed E-state index contributed by atoms with van der Waals surface area (Å²) in [5.74, 6) is -0.0111. The van der Waals surface area contributed by atoms with Gasteiger partial charge in [-0.25, -0.2) is 0 Å². The first kappa shape index (κ1) is 12.5. The van der Waals surface area contributed by atoms with Crippen molar-refractivity contribution < 1.29 is 13.9 Å². The van der Waals surface area contributed by atoms with Gasteiger partial charge in [0.15, 0.2) is 11.5 Å². The molecular weight excluding hydrogens is 289 g/mol. The Bertz CT molecular complexity index is 419. The van der Waals surface area contributed by atoms with E-state index in [2.05, 4.69) is 20.8 Å². The van der Waals surface area contributed by atoms with Gasteiger partial charge in [0.2, 0.25) is 5.82 Å². The minimum absolute atomic E-state index is 0.185. The Morgan fingerprint density at radius 1 is 1.18 bits per heavy atom. The number of ether oxygens (including phenoxy) is 2. The lowest BCUT2D eigenvalue weighted by Crippen LogP contribution is -2.19. The fourth-order valence-electron chi connectivity index (χ4n) is 2.15. The van der Waals surface area contributed by atoms with Gasteiger partial charge in [-0.15, -0.1) is 0 Å². The molecule has 1 aromatic carbocycles. The minimum Gasteiger partial charge on any atom is -0.492 e. The summed E-state index contributed by atoms with van der Waals surface area (Å²) in [7, 11) is 2.92. The quantitative estimate of drug-likeness (QED) is 0.856. The third-order valence-corrected chi connectivity index (χ3v) is 3.56. The molecule has 0 N–H and O–H groups in total. The first-order valence-electron chi connectivity index (χ1n) is 5.54. The number of halogens is 2. The first-order valence-corrected chi connectivity index (χ1v) is 6.33. The molecule has 2 rings (SSSR count). The van der Waals surface area contributed by atoms with Crippen molar-refractivity contribution in [3.05, 3.63) is 16.4 Å². The van der Waals surface area contributed by atoms with Crippen LogP contribution in [-0.4, -0.2) is 27.3 Å². The maximum Gasteiger partial charge on any atom is 0.210 e. The summed E-state index contributed by atoms with van der Waals surface area (Å²) in [6.07, 6.45) is 2.27. The highest BCUT2D eigenvalue weighted by Gasteiger charge is 2.23. The van der Waals surface area contributed by atoms with Crippen molar-refractivity contribution >= 4 is 21.6 Å². The monoisotopic (exact) mass is 303 g/mol. The van der Waals surface area contributed by atoms with E-state index in [4.69, 9.17) is 9.47 Å². The third kappa shape index (κ3) is 2.20. The van der Waals surface area contributed by atoms with Crippen molar-refractivity contribution in [2.45, 2.75) is 12.8 Å². The summed E-state index contributed by atoms with van der Waals surface area (Å²) in [6.45, 7) is 1.88. The van der Waals surface area contributed by atoms with Gasteiger partial charge in [0, 0.05) is 13.1 Å². The van der Waals surface area contributed by atoms with E-state index < -0.39 is 5.82 Å². The van der Waals surface area contributed by atoms with Crippen LogP contribution < -0.4 is 14.4 Å². The molecular formula is C12H15BrFNO2. The van der Waals surface area contributed by atoms with Gasteiger partial charge in [-0.2, -0.15) is 4.39 Å². The molecule has 0 aromatic heterocycles. The van der Waals surface area contributed by atoms with E-state index in [1.165, 1.54) is 14.2 Å². The Balaban J connectivity index is 2.51. The zero-order valence-electron chi connectivity index (χ0n) is 9.93. The molecule has 5 heteroatoms. The lowest BCUT2D eigenvalue weighted by Gasteiger charge is -2.22. The van der Waals surface area contributed by atoms with Crippen molar-refractivity contribution in [3.63, 3.8) is 0 Å². The summed E-state index contributed by atoms with van der Waals surface area (Å²) in [5, 5.41) is 0. The maximum absolute atomic E-state index is 14.1. The van der Waals surface area contributed by atoms with Crippen molar-refractivity contribution in [1.29, 1.82) is 0 Å². The molecule has 0 bridgehead atoms. The molecule has 3 nitrogen and oxygen atoms in total. The number of nitrogens with zero attached hydrogens (tertiary/aromatic N) is 1. The molecule has 1 aliphatic rings. The molecule has 0 saturated carbocycles. The summed E-state index contributed by atoms with van der Waals surface area (Å²) >= 11 is 3.32. The zero-order chi connectivity index (χ0) is 12.4. The topological polar surface area (TPSA) is 21.7 Å². The van der Waals surface area contributed by atoms with Crippen LogP contribution in [0.5, 0.6) is 11.5 Å². The summed E-state index contributed by atoms with van der Waals surface area (Å²) < 4.78 is 24.9. The molecule has 1 saturated heterocycles. The Morgan fingerprint density at radius 3 is 2.29 bits per heavy atom. The highest BCUT2D eigenvalue weighted by molar-refractivity contribution is 9.10. The predicted octanol–water partition coefficient (Wildman–Crippen LogP) is 3.21. The normalized spacial score (nSPS) is 15.2. The number of hydrogen-bond acceptors (Lipinski definition) is 3. The van der Waals surface area contributed by atoms with Crippen LogP contribution in [0.25, 0.3) is 0 Å². The lowest BCUT2D eigenvalue weighted by atomic mass is 10.2. The Morgan fingerprint density at radius 2 is 1.76 bits per heavy atom. The number of benzene rings is 1. The Kier molecular flexibility index (Phi) is 3.76. The van der Waals surface area contributed by atoms with Gasteiger partial charge in [0.05, 0.1) is 24.4 Å². The summed E-state index contributed by atoms with van der Waals surface area (Å²) in [6, 6.07) is 1.85. The average Bonchev–Trinajstić information content (AvgIpc) is 2.82. The molecule has 0 radical (unpaired) electrons. The highest BCUT2D eigenvalue weighted by atomic mass is 79.9. The van der Waals surface area contributed by atoms with E-state index in [-0.39, 0.29) is 11.5 Å². The highest BCUT2D eigenvalue weighted by Crippen LogP contribution is 2.42. The number of rotatable bonds is 3. The predicted molar refractivity (Wildman–Crippen MR) is 68.7 cm³/mol. The number of methoxy groups -OCH3 is 2. The SMILES string of the molecule is COc1c(Br)cc(N2CCCC2)c(OC)c1F. The van der Waals surface area contributed by atoms with Gasteiger partial charge in [-0.1, -0.05) is 0 Å². The molecule has 17 heavy (non-hydrogen) atoms. The zero-order valence-corrected chi connectivity index (χ0v) is 11.5. The van der Waals surface area contributed by atoms with Crippen LogP contribution in [0.3, 0.4) is 0 Å². The van der Waals surface area contributed by atoms with E-state index in [9.17, 15) is 4.39 Å². The molecule has 0 amide bonds. The van der Waals surface area contributed by atoms with Gasteiger partial charge in [0.1, 0.15) is 0 Å². The van der Waals surface area contributed by atoms with Crippen molar-refractivity contribution in [3.8, 4) is 11.5 Å². The van der Waals surface area contributed by atoms with Gasteiger partial charge in [0.25, 0.3) is 0 Å². The molecule has 0 aliphatic carbocycles. The van der Waals surface area contributed by atoms with E-state index in [1.54, 1.807) is 0 Å². The van der Waals surface area contributed by atoms with Crippen LogP contribution in [0, 0.1) is 5.82 Å². The van der Waals surface area contributed by atoms with Crippen LogP contribution in [-0.2, 0) is 0 Å². The minimum atomic E-state index is -0.453. The second-order valence-electron chi connectivity index (χ2n) is 3.95. The number of hydrogen-bond donors (Lipinski definition) is 0. The fourth-order valence-corrected chi connectivity index (χ4v) is 2.70. The van der Waals surface area contributed by atoms with Crippen LogP contribution >= 0.6 is 15.9 Å². The summed E-state index contributed by atoms with van der Waals surface area (Å²) in [5.41, 5.74) is 0.787. The molecule has 94 valence electrons. The number of anilines is 1. The van der Waals surface area contributed by atoms with E-state index in [0.717, 1.165) is 31.6 Å². The Hall–Kier alpha value is -0.970. The molecule has 0 atom stereocenters. The Labute approximate surface area is 109 Å². The molecule has 0 unspecified atom stereocenters. The van der Waals surface area contributed by atoms with Crippen molar-refractivity contribution in [2.75, 3.05) is 32.2 Å². The van der Waals surface area contributed by atoms with E-state index in [1.807, 2.05) is 6.07 Å². The molecule has 1 aliphatic heterocycles. The van der Waals surface area contributed by atoms with E-state index in [0.29, 0.717) is 4.47 Å². The molecule has 1 heterocycles. The van der Waals surface area contributed by atoms with Crippen LogP contribution in [0.2, 0.25) is 0 Å². The summed E-state index contributed by atoms with van der Waals surface area (Å²) in [4.78, 5) is 2.13. The molecule has 1 aromatic rings. The van der Waals surface area contributed by atoms with Crippen molar-refractivity contribution in [2.24, 2.45) is 0 Å². The van der Waals surface area contributed by atoms with Crippen LogP contribution in [0.1, 0.15) is 12.8 Å². The third-order valence-electron chi connectivity index (χ3n) is 2.97. The largest absolute Gasteiger partial charge is 0.492 e. The van der Waals surface area contributed by atoms with Crippen LogP contribution in [0.4, 0.5) is 10.1 Å². The van der Waals surface area contributed by atoms with Gasteiger partial charge in [-0.05, 0) is 34.8 Å².